The number of ether oxygens (including phenoxy) is 1. The van der Waals surface area contributed by atoms with Gasteiger partial charge >= 0.3 is 6.09 Å². The first-order valence-corrected chi connectivity index (χ1v) is 11.8. The van der Waals surface area contributed by atoms with Gasteiger partial charge < -0.3 is 14.2 Å². The van der Waals surface area contributed by atoms with E-state index < -0.39 is 5.60 Å². The number of thiophene rings is 1. The molecule has 0 aliphatic carbocycles. The molecule has 3 aromatic rings. The second kappa shape index (κ2) is 8.63. The summed E-state index contributed by atoms with van der Waals surface area (Å²) in [6, 6.07) is 11.4. The highest BCUT2D eigenvalue weighted by Gasteiger charge is 2.33. The molecule has 0 spiro atoms. The van der Waals surface area contributed by atoms with Gasteiger partial charge in [0.2, 0.25) is 5.95 Å². The van der Waals surface area contributed by atoms with Gasteiger partial charge in [0.15, 0.2) is 0 Å². The first-order chi connectivity index (χ1) is 14.7. The average Bonchev–Trinajstić information content (AvgIpc) is 3.40. The van der Waals surface area contributed by atoms with E-state index in [1.54, 1.807) is 11.0 Å². The molecule has 1 aromatic carbocycles. The van der Waals surface area contributed by atoms with Crippen molar-refractivity contribution < 1.29 is 14.3 Å². The van der Waals surface area contributed by atoms with Crippen LogP contribution in [0.5, 0.6) is 0 Å². The minimum absolute atomic E-state index is 0.0287. The van der Waals surface area contributed by atoms with Crippen LogP contribution in [0.1, 0.15) is 43.3 Å². The van der Waals surface area contributed by atoms with Crippen LogP contribution in [0.25, 0.3) is 11.0 Å². The lowest BCUT2D eigenvalue weighted by Gasteiger charge is -2.29. The topological polar surface area (TPSA) is 76.5 Å². The number of hydrogen-bond acceptors (Lipinski definition) is 5. The monoisotopic (exact) mass is 504 g/mol. The molecule has 164 valence electrons. The predicted octanol–water partition coefficient (Wildman–Crippen LogP) is 5.51. The van der Waals surface area contributed by atoms with E-state index >= 15 is 0 Å². The van der Waals surface area contributed by atoms with Crippen molar-refractivity contribution in [3.63, 3.8) is 0 Å². The summed E-state index contributed by atoms with van der Waals surface area (Å²) in [6.07, 6.45) is 1.49. The Balaban J connectivity index is 1.61. The molecule has 2 aromatic heterocycles. The first kappa shape index (κ1) is 21.8. The van der Waals surface area contributed by atoms with Crippen molar-refractivity contribution in [2.45, 2.75) is 51.8 Å². The van der Waals surface area contributed by atoms with E-state index in [1.165, 1.54) is 11.3 Å². The van der Waals surface area contributed by atoms with Gasteiger partial charge in [0.1, 0.15) is 5.60 Å². The summed E-state index contributed by atoms with van der Waals surface area (Å²) in [5.74, 6) is 0.273. The third-order valence-electron chi connectivity index (χ3n) is 5.08. The van der Waals surface area contributed by atoms with E-state index in [9.17, 15) is 9.59 Å². The van der Waals surface area contributed by atoms with Crippen LogP contribution in [0.2, 0.25) is 0 Å². The molecular formula is C22H25BrN4O3S. The van der Waals surface area contributed by atoms with Gasteiger partial charge in [0.25, 0.3) is 5.91 Å². The molecule has 31 heavy (non-hydrogen) atoms. The van der Waals surface area contributed by atoms with Gasteiger partial charge in [-0.25, -0.2) is 9.78 Å². The van der Waals surface area contributed by atoms with Gasteiger partial charge in [0.05, 0.1) is 25.7 Å². The predicted molar refractivity (Wildman–Crippen MR) is 126 cm³/mol. The van der Waals surface area contributed by atoms with Crippen molar-refractivity contribution in [1.29, 1.82) is 0 Å². The average molecular weight is 505 g/mol. The number of hydrogen-bond donors (Lipinski definition) is 1. The van der Waals surface area contributed by atoms with Crippen molar-refractivity contribution in [2.24, 2.45) is 0 Å². The second-order valence-corrected chi connectivity index (χ2v) is 11.0. The lowest BCUT2D eigenvalue weighted by atomic mass is 10.2. The van der Waals surface area contributed by atoms with Crippen molar-refractivity contribution in [1.82, 2.24) is 14.5 Å². The highest BCUT2D eigenvalue weighted by atomic mass is 79.9. The van der Waals surface area contributed by atoms with Gasteiger partial charge in [-0.2, -0.15) is 0 Å². The number of nitrogens with zero attached hydrogens (tertiary/aromatic N) is 3. The van der Waals surface area contributed by atoms with Crippen LogP contribution >= 0.6 is 27.3 Å². The molecule has 1 aliphatic rings. The van der Waals surface area contributed by atoms with Crippen LogP contribution in [0.3, 0.4) is 0 Å². The summed E-state index contributed by atoms with van der Waals surface area (Å²) in [5, 5.41) is 2.95. The van der Waals surface area contributed by atoms with Crippen molar-refractivity contribution in [3.05, 3.63) is 45.1 Å². The molecule has 1 unspecified atom stereocenters. The maximum atomic E-state index is 12.8. The van der Waals surface area contributed by atoms with E-state index in [0.29, 0.717) is 23.9 Å². The molecule has 1 N–H and O–H groups in total. The Morgan fingerprint density at radius 1 is 1.26 bits per heavy atom. The number of halogens is 1. The SMILES string of the molecule is CC(C)(C)OC(=O)N1CCCC1Cn1c(NC(=O)c2ccc(Br)s2)nc2ccccc21. The maximum Gasteiger partial charge on any atom is 0.410 e. The molecule has 1 aliphatic heterocycles. The smallest absolute Gasteiger partial charge is 0.410 e. The summed E-state index contributed by atoms with van der Waals surface area (Å²) in [6.45, 7) is 6.81. The summed E-state index contributed by atoms with van der Waals surface area (Å²) in [7, 11) is 0. The van der Waals surface area contributed by atoms with Gasteiger partial charge in [-0.3, -0.25) is 10.1 Å². The molecule has 1 saturated heterocycles. The molecule has 1 fully saturated rings. The number of likely N-dealkylation sites (tertiary alicyclic amines) is 1. The number of aromatic nitrogens is 2. The van der Waals surface area contributed by atoms with Gasteiger partial charge in [-0.1, -0.05) is 12.1 Å². The van der Waals surface area contributed by atoms with Crippen LogP contribution in [0, 0.1) is 0 Å². The third kappa shape index (κ3) is 4.93. The maximum absolute atomic E-state index is 12.8. The molecule has 0 bridgehead atoms. The van der Waals surface area contributed by atoms with Crippen LogP contribution in [-0.4, -0.2) is 44.6 Å². The van der Waals surface area contributed by atoms with Crippen molar-refractivity contribution >= 4 is 56.2 Å². The Morgan fingerprint density at radius 2 is 2.03 bits per heavy atom. The molecule has 3 heterocycles. The van der Waals surface area contributed by atoms with Gasteiger partial charge in [-0.05, 0) is 73.8 Å². The molecule has 1 atom stereocenters. The fraction of sp³-hybridized carbons (Fsp3) is 0.409. The number of para-hydroxylation sites is 2. The number of amides is 2. The zero-order chi connectivity index (χ0) is 22.2. The summed E-state index contributed by atoms with van der Waals surface area (Å²) < 4.78 is 8.49. The largest absolute Gasteiger partial charge is 0.444 e. The minimum atomic E-state index is -0.542. The Hall–Kier alpha value is -2.39. The molecule has 7 nitrogen and oxygen atoms in total. The molecule has 2 amide bonds. The molecule has 0 saturated carbocycles. The van der Waals surface area contributed by atoms with E-state index in [-0.39, 0.29) is 18.0 Å². The fourth-order valence-corrected chi connectivity index (χ4v) is 5.03. The van der Waals surface area contributed by atoms with Crippen molar-refractivity contribution in [2.75, 3.05) is 11.9 Å². The minimum Gasteiger partial charge on any atom is -0.444 e. The molecular weight excluding hydrogens is 480 g/mol. The Bertz CT molecular complexity index is 1120. The van der Waals surface area contributed by atoms with E-state index in [0.717, 1.165) is 27.7 Å². The van der Waals surface area contributed by atoms with E-state index in [2.05, 4.69) is 26.2 Å². The number of carbonyl (C=O) groups is 2. The number of fused-ring (bicyclic) bond motifs is 1. The summed E-state index contributed by atoms with van der Waals surface area (Å²) >= 11 is 4.76. The Morgan fingerprint density at radius 3 is 2.74 bits per heavy atom. The fourth-order valence-electron chi connectivity index (χ4n) is 3.75. The quantitative estimate of drug-likeness (QED) is 0.507. The van der Waals surface area contributed by atoms with Crippen molar-refractivity contribution in [3.8, 4) is 0 Å². The molecule has 4 rings (SSSR count). The van der Waals surface area contributed by atoms with E-state index in [1.807, 2.05) is 55.7 Å². The van der Waals surface area contributed by atoms with Crippen LogP contribution < -0.4 is 5.32 Å². The highest BCUT2D eigenvalue weighted by molar-refractivity contribution is 9.11. The number of carbonyl (C=O) groups excluding carboxylic acids is 2. The highest BCUT2D eigenvalue weighted by Crippen LogP contribution is 2.28. The number of nitrogens with one attached hydrogen (secondary N) is 1. The van der Waals surface area contributed by atoms with Crippen LogP contribution in [-0.2, 0) is 11.3 Å². The van der Waals surface area contributed by atoms with Crippen LogP contribution in [0.15, 0.2) is 40.2 Å². The lowest BCUT2D eigenvalue weighted by molar-refractivity contribution is 0.0215. The standard InChI is InChI=1S/C22H25BrN4O3S/c1-22(2,3)30-21(29)26-12-6-7-14(26)13-27-16-9-5-4-8-15(16)24-20(27)25-19(28)17-10-11-18(23)31-17/h4-5,8-11,14H,6-7,12-13H2,1-3H3,(H,24,25,28). The van der Waals surface area contributed by atoms with Gasteiger partial charge in [0, 0.05) is 13.1 Å². The van der Waals surface area contributed by atoms with E-state index in [4.69, 9.17) is 4.74 Å². The lowest BCUT2D eigenvalue weighted by Crippen LogP contribution is -2.41. The third-order valence-corrected chi connectivity index (χ3v) is 6.70. The summed E-state index contributed by atoms with van der Waals surface area (Å²) in [5.41, 5.74) is 1.17. The molecule has 0 radical (unpaired) electrons. The Kier molecular flexibility index (Phi) is 6.07. The number of imidazole rings is 1. The zero-order valence-electron chi connectivity index (χ0n) is 17.7. The Labute approximate surface area is 193 Å². The number of anilines is 1. The normalized spacial score (nSPS) is 16.6. The summed E-state index contributed by atoms with van der Waals surface area (Å²) in [4.78, 5) is 32.5. The second-order valence-electron chi connectivity index (χ2n) is 8.56. The molecule has 9 heteroatoms. The number of benzene rings is 1. The zero-order valence-corrected chi connectivity index (χ0v) is 20.1. The van der Waals surface area contributed by atoms with Crippen LogP contribution in [0.4, 0.5) is 10.7 Å². The number of rotatable bonds is 4. The van der Waals surface area contributed by atoms with Gasteiger partial charge in [-0.15, -0.1) is 11.3 Å². The first-order valence-electron chi connectivity index (χ1n) is 10.2.